The van der Waals surface area contributed by atoms with Crippen LogP contribution in [-0.2, 0) is 14.3 Å². The second kappa shape index (κ2) is 8.66. The topological polar surface area (TPSA) is 108 Å². The zero-order valence-corrected chi connectivity index (χ0v) is 12.6. The molecule has 0 radical (unpaired) electrons. The molecule has 1 rings (SSSR count). The van der Waals surface area contributed by atoms with E-state index >= 15 is 0 Å². The molecule has 0 unspecified atom stereocenters. The van der Waals surface area contributed by atoms with E-state index in [0.29, 0.717) is 13.0 Å². The van der Waals surface area contributed by atoms with Crippen molar-refractivity contribution < 1.29 is 23.9 Å². The number of urea groups is 1. The number of carbonyl (C=O) groups excluding carboxylic acids is 3. The zero-order valence-electron chi connectivity index (χ0n) is 12.6. The summed E-state index contributed by atoms with van der Waals surface area (Å²) in [5.41, 5.74) is 5.93. The highest BCUT2D eigenvalue weighted by atomic mass is 16.5. The molecule has 7 heteroatoms. The molecule has 7 nitrogen and oxygen atoms in total. The molecule has 22 heavy (non-hydrogen) atoms. The van der Waals surface area contributed by atoms with E-state index in [0.717, 1.165) is 11.3 Å². The Morgan fingerprint density at radius 1 is 1.23 bits per heavy atom. The summed E-state index contributed by atoms with van der Waals surface area (Å²) in [6.45, 7) is 3.70. The van der Waals surface area contributed by atoms with E-state index in [1.165, 1.54) is 6.92 Å². The van der Waals surface area contributed by atoms with E-state index in [4.69, 9.17) is 15.2 Å². The fourth-order valence-electron chi connectivity index (χ4n) is 1.57. The first kappa shape index (κ1) is 17.5. The molecule has 0 spiro atoms. The number of hydrogen-bond acceptors (Lipinski definition) is 5. The van der Waals surface area contributed by atoms with Crippen molar-refractivity contribution in [1.29, 1.82) is 0 Å². The van der Waals surface area contributed by atoms with Crippen molar-refractivity contribution >= 4 is 17.9 Å². The van der Waals surface area contributed by atoms with Gasteiger partial charge in [0.05, 0.1) is 6.61 Å². The lowest BCUT2D eigenvalue weighted by atomic mass is 10.2. The highest BCUT2D eigenvalue weighted by Crippen LogP contribution is 2.11. The van der Waals surface area contributed by atoms with Crippen molar-refractivity contribution in [1.82, 2.24) is 5.32 Å². The molecular formula is C15H20N2O5. The number of nitrogens with two attached hydrogens (primary N) is 1. The first-order valence-electron chi connectivity index (χ1n) is 6.87. The van der Waals surface area contributed by atoms with E-state index < -0.39 is 24.0 Å². The molecule has 0 heterocycles. The lowest BCUT2D eigenvalue weighted by Crippen LogP contribution is -2.42. The third kappa shape index (κ3) is 6.74. The Hall–Kier alpha value is -2.57. The Morgan fingerprint density at radius 2 is 1.86 bits per heavy atom. The number of hydrogen-bond donors (Lipinski definition) is 2. The normalized spacial score (nSPS) is 11.4. The van der Waals surface area contributed by atoms with Crippen LogP contribution in [0.15, 0.2) is 24.3 Å². The van der Waals surface area contributed by atoms with Crippen molar-refractivity contribution in [2.75, 3.05) is 6.61 Å². The van der Waals surface area contributed by atoms with E-state index in [1.807, 2.05) is 36.5 Å². The highest BCUT2D eigenvalue weighted by molar-refractivity contribution is 5.96. The third-order valence-electron chi connectivity index (χ3n) is 2.74. The fraction of sp³-hybridized carbons (Fsp3) is 0.400. The maximum atomic E-state index is 11.5. The Bertz CT molecular complexity index is 527. The van der Waals surface area contributed by atoms with Crippen LogP contribution >= 0.6 is 0 Å². The van der Waals surface area contributed by atoms with Gasteiger partial charge in [-0.05, 0) is 32.4 Å². The van der Waals surface area contributed by atoms with Crippen LogP contribution in [0, 0.1) is 6.92 Å². The van der Waals surface area contributed by atoms with Crippen LogP contribution in [0.2, 0.25) is 0 Å². The number of primary amides is 1. The first-order valence-corrected chi connectivity index (χ1v) is 6.87. The number of benzene rings is 1. The van der Waals surface area contributed by atoms with E-state index in [1.54, 1.807) is 0 Å². The monoisotopic (exact) mass is 308 g/mol. The molecule has 0 bridgehead atoms. The lowest BCUT2D eigenvalue weighted by Gasteiger charge is -2.12. The molecular weight excluding hydrogens is 288 g/mol. The quantitative estimate of drug-likeness (QED) is 0.583. The Morgan fingerprint density at radius 3 is 2.45 bits per heavy atom. The minimum atomic E-state index is -1.07. The molecule has 0 aromatic heterocycles. The van der Waals surface area contributed by atoms with Gasteiger partial charge in [0.2, 0.25) is 0 Å². The van der Waals surface area contributed by atoms with Gasteiger partial charge in [0.25, 0.3) is 5.91 Å². The number of carbonyl (C=O) groups is 3. The van der Waals surface area contributed by atoms with Crippen LogP contribution in [0.4, 0.5) is 4.79 Å². The standard InChI is InChI=1S/C15H20N2O5/c1-10-5-7-12(8-6-10)21-9-3-4-13(18)22-11(2)14(19)17-15(16)20/h5-8,11H,3-4,9H2,1-2H3,(H3,16,17,19,20)/t11-/m0/s1. The van der Waals surface area contributed by atoms with Gasteiger partial charge in [0.1, 0.15) is 5.75 Å². The van der Waals surface area contributed by atoms with Gasteiger partial charge in [0.15, 0.2) is 6.10 Å². The number of aryl methyl sites for hydroxylation is 1. The molecule has 3 N–H and O–H groups in total. The molecule has 1 aromatic carbocycles. The molecule has 0 aliphatic heterocycles. The third-order valence-corrected chi connectivity index (χ3v) is 2.74. The molecule has 3 amide bonds. The summed E-state index contributed by atoms with van der Waals surface area (Å²) in [7, 11) is 0. The number of amides is 3. The smallest absolute Gasteiger partial charge is 0.318 e. The number of esters is 1. The van der Waals surface area contributed by atoms with Crippen LogP contribution < -0.4 is 15.8 Å². The fourth-order valence-corrected chi connectivity index (χ4v) is 1.57. The van der Waals surface area contributed by atoms with Gasteiger partial charge in [-0.1, -0.05) is 17.7 Å². The molecule has 1 atom stereocenters. The number of imide groups is 1. The average Bonchev–Trinajstić information content (AvgIpc) is 2.44. The predicted octanol–water partition coefficient (Wildman–Crippen LogP) is 1.28. The SMILES string of the molecule is Cc1ccc(OCCCC(=O)O[C@@H](C)C(=O)NC(N)=O)cc1. The van der Waals surface area contributed by atoms with Crippen molar-refractivity contribution in [2.45, 2.75) is 32.8 Å². The summed E-state index contributed by atoms with van der Waals surface area (Å²) in [5.74, 6) is -0.565. The van der Waals surface area contributed by atoms with E-state index in [-0.39, 0.29) is 6.42 Å². The zero-order chi connectivity index (χ0) is 16.5. The Balaban J connectivity index is 2.21. The summed E-state index contributed by atoms with van der Waals surface area (Å²) < 4.78 is 10.3. The molecule has 1 aromatic rings. The van der Waals surface area contributed by atoms with Gasteiger partial charge >= 0.3 is 12.0 Å². The maximum Gasteiger partial charge on any atom is 0.318 e. The summed E-state index contributed by atoms with van der Waals surface area (Å²) in [6.07, 6.45) is -0.505. The minimum Gasteiger partial charge on any atom is -0.494 e. The average molecular weight is 308 g/mol. The van der Waals surface area contributed by atoms with Crippen molar-refractivity contribution in [2.24, 2.45) is 5.73 Å². The molecule has 0 saturated carbocycles. The van der Waals surface area contributed by atoms with E-state index in [2.05, 4.69) is 0 Å². The maximum absolute atomic E-state index is 11.5. The van der Waals surface area contributed by atoms with Crippen LogP contribution in [0.5, 0.6) is 5.75 Å². The minimum absolute atomic E-state index is 0.111. The largest absolute Gasteiger partial charge is 0.494 e. The van der Waals surface area contributed by atoms with Gasteiger partial charge in [-0.25, -0.2) is 4.79 Å². The highest BCUT2D eigenvalue weighted by Gasteiger charge is 2.18. The predicted molar refractivity (Wildman–Crippen MR) is 79.2 cm³/mol. The van der Waals surface area contributed by atoms with Gasteiger partial charge in [-0.2, -0.15) is 0 Å². The summed E-state index contributed by atoms with van der Waals surface area (Å²) in [6, 6.07) is 6.58. The molecule has 0 aliphatic rings. The molecule has 0 aliphatic carbocycles. The Kier molecular flexibility index (Phi) is 6.88. The lowest BCUT2D eigenvalue weighted by molar-refractivity contribution is -0.154. The van der Waals surface area contributed by atoms with Crippen molar-refractivity contribution in [3.8, 4) is 5.75 Å². The van der Waals surface area contributed by atoms with E-state index in [9.17, 15) is 14.4 Å². The molecule has 0 fully saturated rings. The molecule has 0 saturated heterocycles. The first-order chi connectivity index (χ1) is 10.4. The van der Waals surface area contributed by atoms with Gasteiger partial charge in [-0.15, -0.1) is 0 Å². The van der Waals surface area contributed by atoms with Gasteiger partial charge in [-0.3, -0.25) is 14.9 Å². The Labute approximate surface area is 128 Å². The number of ether oxygens (including phenoxy) is 2. The summed E-state index contributed by atoms with van der Waals surface area (Å²) in [5, 5.41) is 1.84. The van der Waals surface area contributed by atoms with Crippen LogP contribution in [0.1, 0.15) is 25.3 Å². The van der Waals surface area contributed by atoms with Crippen LogP contribution in [-0.4, -0.2) is 30.6 Å². The van der Waals surface area contributed by atoms with Crippen LogP contribution in [0.3, 0.4) is 0 Å². The van der Waals surface area contributed by atoms with Gasteiger partial charge < -0.3 is 15.2 Å². The summed E-state index contributed by atoms with van der Waals surface area (Å²) in [4.78, 5) is 33.3. The second-order valence-electron chi connectivity index (χ2n) is 4.75. The number of nitrogens with one attached hydrogen (secondary N) is 1. The van der Waals surface area contributed by atoms with Crippen molar-refractivity contribution in [3.63, 3.8) is 0 Å². The number of rotatable bonds is 7. The summed E-state index contributed by atoms with van der Waals surface area (Å²) >= 11 is 0. The second-order valence-corrected chi connectivity index (χ2v) is 4.75. The van der Waals surface area contributed by atoms with Crippen molar-refractivity contribution in [3.05, 3.63) is 29.8 Å². The van der Waals surface area contributed by atoms with Crippen LogP contribution in [0.25, 0.3) is 0 Å². The van der Waals surface area contributed by atoms with Gasteiger partial charge in [0, 0.05) is 6.42 Å². The molecule has 120 valence electrons.